The van der Waals surface area contributed by atoms with Crippen LogP contribution in [0.5, 0.6) is 0 Å². The number of fused-ring (bicyclic) bond motifs is 5. The maximum atomic E-state index is 12.8. The Morgan fingerprint density at radius 2 is 1.44 bits per heavy atom. The highest BCUT2D eigenvalue weighted by molar-refractivity contribution is 5.75. The molecule has 0 spiro atoms. The number of carbonyl (C=O) groups is 2. The van der Waals surface area contributed by atoms with Crippen molar-refractivity contribution < 1.29 is 19.4 Å². The van der Waals surface area contributed by atoms with Gasteiger partial charge in [0.15, 0.2) is 0 Å². The lowest BCUT2D eigenvalue weighted by atomic mass is 9.43. The number of nitrogens with two attached hydrogens (primary N) is 1. The van der Waals surface area contributed by atoms with Crippen LogP contribution in [0.15, 0.2) is 0 Å². The molecule has 0 aromatic heterocycles. The molecule has 6 nitrogen and oxygen atoms in total. The summed E-state index contributed by atoms with van der Waals surface area (Å²) in [6.07, 6.45) is 27.2. The zero-order chi connectivity index (χ0) is 34.6. The predicted molar refractivity (Wildman–Crippen MR) is 197 cm³/mol. The average molecular weight is 673 g/mol. The zero-order valence-electron chi connectivity index (χ0n) is 31.8. The molecule has 4 saturated carbocycles. The van der Waals surface area contributed by atoms with E-state index in [1.165, 1.54) is 96.3 Å². The number of rotatable bonds is 21. The summed E-state index contributed by atoms with van der Waals surface area (Å²) in [5.41, 5.74) is 6.07. The van der Waals surface area contributed by atoms with E-state index in [1.54, 1.807) is 0 Å². The number of unbranched alkanes of at least 4 members (excludes halogenated alkanes) is 11. The molecule has 0 saturated heterocycles. The minimum Gasteiger partial charge on any atom is -0.462 e. The van der Waals surface area contributed by atoms with Crippen molar-refractivity contribution in [3.8, 4) is 0 Å². The van der Waals surface area contributed by atoms with Crippen molar-refractivity contribution in [2.75, 3.05) is 13.1 Å². The lowest BCUT2D eigenvalue weighted by Crippen LogP contribution is -2.58. The van der Waals surface area contributed by atoms with Crippen molar-refractivity contribution in [2.24, 2.45) is 52.1 Å². The third-order valence-corrected chi connectivity index (χ3v) is 14.5. The zero-order valence-corrected chi connectivity index (χ0v) is 31.8. The highest BCUT2D eigenvalue weighted by Crippen LogP contribution is 2.68. The van der Waals surface area contributed by atoms with Gasteiger partial charge in [-0.1, -0.05) is 98.3 Å². The standard InChI is InChI=1S/C42H76N2O4/c1-5-6-7-8-9-10-11-12-13-14-15-16-28-44-38(46)22-19-31(2)34-20-21-35-40-36(24-26-42(34,35)4)41(3)25-23-33(29-32(41)30-37(40)45)48-39(47)18-17-27-43/h31-37,40,45H,5-30,43H2,1-4H3,(H,44,46)/t31-,32+,33-,34-,35+,36+,37+,40+,41+,42-/m1/s1. The summed E-state index contributed by atoms with van der Waals surface area (Å²) in [4.78, 5) is 25.1. The summed E-state index contributed by atoms with van der Waals surface area (Å²) in [5.74, 6) is 3.21. The van der Waals surface area contributed by atoms with Crippen molar-refractivity contribution in [1.29, 1.82) is 0 Å². The van der Waals surface area contributed by atoms with Gasteiger partial charge in [-0.3, -0.25) is 9.59 Å². The van der Waals surface area contributed by atoms with Crippen molar-refractivity contribution in [1.82, 2.24) is 5.32 Å². The SMILES string of the molecule is CCCCCCCCCCCCCCNC(=O)CC[C@@H](C)[C@H]1CC[C@H]2[C@@H]3[C@@H](O)C[C@@H]4C[C@H](OC(=O)CCCN)CC[C@]4(C)[C@H]3CC[C@]12C. The first-order chi connectivity index (χ1) is 23.1. The summed E-state index contributed by atoms with van der Waals surface area (Å²) in [6, 6.07) is 0. The van der Waals surface area contributed by atoms with Crippen LogP contribution in [0.4, 0.5) is 0 Å². The third kappa shape index (κ3) is 10.2. The van der Waals surface area contributed by atoms with Crippen LogP contribution in [0.2, 0.25) is 0 Å². The number of aliphatic hydroxyl groups is 1. The minimum atomic E-state index is -0.260. The van der Waals surface area contributed by atoms with Crippen LogP contribution in [0.25, 0.3) is 0 Å². The Morgan fingerprint density at radius 1 is 0.812 bits per heavy atom. The summed E-state index contributed by atoms with van der Waals surface area (Å²) in [5, 5.41) is 15.0. The fourth-order valence-corrected chi connectivity index (χ4v) is 11.6. The van der Waals surface area contributed by atoms with Gasteiger partial charge in [0.1, 0.15) is 6.10 Å². The molecule has 4 rings (SSSR count). The summed E-state index contributed by atoms with van der Waals surface area (Å²) < 4.78 is 5.88. The van der Waals surface area contributed by atoms with Gasteiger partial charge in [0.2, 0.25) is 5.91 Å². The maximum absolute atomic E-state index is 12.8. The quantitative estimate of drug-likeness (QED) is 0.0833. The fourth-order valence-electron chi connectivity index (χ4n) is 11.6. The molecule has 4 N–H and O–H groups in total. The average Bonchev–Trinajstić information content (AvgIpc) is 3.42. The highest BCUT2D eigenvalue weighted by atomic mass is 16.5. The molecule has 278 valence electrons. The largest absolute Gasteiger partial charge is 0.462 e. The second-order valence-corrected chi connectivity index (χ2v) is 17.6. The number of aliphatic hydroxyl groups excluding tert-OH is 1. The van der Waals surface area contributed by atoms with Gasteiger partial charge in [-0.25, -0.2) is 0 Å². The van der Waals surface area contributed by atoms with Crippen LogP contribution < -0.4 is 11.1 Å². The smallest absolute Gasteiger partial charge is 0.306 e. The lowest BCUT2D eigenvalue weighted by Gasteiger charge is -2.62. The molecule has 1 amide bonds. The number of ether oxygens (including phenoxy) is 1. The third-order valence-electron chi connectivity index (χ3n) is 14.5. The van der Waals surface area contributed by atoms with Crippen LogP contribution in [-0.4, -0.2) is 42.3 Å². The number of carbonyl (C=O) groups excluding carboxylic acids is 2. The molecule has 0 radical (unpaired) electrons. The van der Waals surface area contributed by atoms with Crippen LogP contribution >= 0.6 is 0 Å². The van der Waals surface area contributed by atoms with Gasteiger partial charge in [0.05, 0.1) is 6.10 Å². The minimum absolute atomic E-state index is 0.00981. The molecule has 0 bridgehead atoms. The van der Waals surface area contributed by atoms with E-state index in [-0.39, 0.29) is 34.9 Å². The van der Waals surface area contributed by atoms with Crippen molar-refractivity contribution >= 4 is 11.9 Å². The van der Waals surface area contributed by atoms with E-state index in [0.29, 0.717) is 61.3 Å². The normalized spacial score (nSPS) is 34.9. The molecule has 6 heteroatoms. The van der Waals surface area contributed by atoms with E-state index in [4.69, 9.17) is 10.5 Å². The van der Waals surface area contributed by atoms with Crippen LogP contribution in [0, 0.1) is 46.3 Å². The van der Waals surface area contributed by atoms with Crippen molar-refractivity contribution in [2.45, 2.75) is 194 Å². The van der Waals surface area contributed by atoms with Gasteiger partial charge in [0.25, 0.3) is 0 Å². The van der Waals surface area contributed by atoms with E-state index >= 15 is 0 Å². The maximum Gasteiger partial charge on any atom is 0.306 e. The monoisotopic (exact) mass is 673 g/mol. The Bertz CT molecular complexity index is 973. The van der Waals surface area contributed by atoms with Crippen LogP contribution in [0.3, 0.4) is 0 Å². The molecule has 4 aliphatic carbocycles. The van der Waals surface area contributed by atoms with Crippen LogP contribution in [-0.2, 0) is 14.3 Å². The lowest BCUT2D eigenvalue weighted by molar-refractivity contribution is -0.183. The predicted octanol–water partition coefficient (Wildman–Crippen LogP) is 9.50. The molecule has 0 aliphatic heterocycles. The topological polar surface area (TPSA) is 102 Å². The Kier molecular flexibility index (Phi) is 16.1. The molecular weight excluding hydrogens is 596 g/mol. The number of hydrogen-bond acceptors (Lipinski definition) is 5. The Morgan fingerprint density at radius 3 is 2.10 bits per heavy atom. The van der Waals surface area contributed by atoms with Gasteiger partial charge in [-0.2, -0.15) is 0 Å². The van der Waals surface area contributed by atoms with E-state index < -0.39 is 0 Å². The van der Waals surface area contributed by atoms with E-state index in [2.05, 4.69) is 33.0 Å². The molecule has 0 aromatic carbocycles. The van der Waals surface area contributed by atoms with Crippen molar-refractivity contribution in [3.05, 3.63) is 0 Å². The van der Waals surface area contributed by atoms with Crippen LogP contribution in [0.1, 0.15) is 182 Å². The van der Waals surface area contributed by atoms with Crippen molar-refractivity contribution in [3.63, 3.8) is 0 Å². The Balaban J connectivity index is 1.15. The van der Waals surface area contributed by atoms with Gasteiger partial charge < -0.3 is 20.9 Å². The molecule has 48 heavy (non-hydrogen) atoms. The molecular formula is C42H76N2O4. The molecule has 4 aliphatic rings. The second-order valence-electron chi connectivity index (χ2n) is 17.6. The van der Waals surface area contributed by atoms with E-state index in [9.17, 15) is 14.7 Å². The first-order valence-corrected chi connectivity index (χ1v) is 21.0. The molecule has 0 unspecified atom stereocenters. The number of esters is 1. The molecule has 10 atom stereocenters. The number of hydrogen-bond donors (Lipinski definition) is 3. The highest BCUT2D eigenvalue weighted by Gasteiger charge is 2.63. The van der Waals surface area contributed by atoms with Gasteiger partial charge >= 0.3 is 5.97 Å². The molecule has 4 fully saturated rings. The first-order valence-electron chi connectivity index (χ1n) is 21.0. The van der Waals surface area contributed by atoms with E-state index in [0.717, 1.165) is 45.1 Å². The second kappa shape index (κ2) is 19.5. The summed E-state index contributed by atoms with van der Waals surface area (Å²) in [6.45, 7) is 11.1. The van der Waals surface area contributed by atoms with E-state index in [1.807, 2.05) is 0 Å². The number of amides is 1. The molecule has 0 aromatic rings. The summed E-state index contributed by atoms with van der Waals surface area (Å²) >= 11 is 0. The Labute approximate surface area is 295 Å². The molecule has 0 heterocycles. The Hall–Kier alpha value is -1.14. The first kappa shape index (κ1) is 39.6. The van der Waals surface area contributed by atoms with Gasteiger partial charge in [-0.05, 0) is 124 Å². The number of nitrogens with one attached hydrogen (secondary N) is 1. The van der Waals surface area contributed by atoms with Gasteiger partial charge in [0, 0.05) is 19.4 Å². The summed E-state index contributed by atoms with van der Waals surface area (Å²) in [7, 11) is 0. The van der Waals surface area contributed by atoms with Gasteiger partial charge in [-0.15, -0.1) is 0 Å². The fraction of sp³-hybridized carbons (Fsp3) is 0.952.